The van der Waals surface area contributed by atoms with E-state index in [4.69, 9.17) is 5.11 Å². The molecule has 2 nitrogen and oxygen atoms in total. The molecule has 0 amide bonds. The lowest BCUT2D eigenvalue weighted by Gasteiger charge is -2.40. The Kier molecular flexibility index (Phi) is 7.92. The van der Waals surface area contributed by atoms with E-state index >= 15 is 0 Å². The van der Waals surface area contributed by atoms with Gasteiger partial charge in [-0.1, -0.05) is 67.0 Å². The van der Waals surface area contributed by atoms with Crippen LogP contribution in [0.2, 0.25) is 0 Å². The second-order valence-corrected chi connectivity index (χ2v) is 7.73. The van der Waals surface area contributed by atoms with Crippen molar-refractivity contribution < 1.29 is 5.11 Å². The van der Waals surface area contributed by atoms with Gasteiger partial charge in [-0.3, -0.25) is 0 Å². The lowest BCUT2D eigenvalue weighted by Crippen LogP contribution is -2.36. The topological polar surface area (TPSA) is 23.5 Å². The summed E-state index contributed by atoms with van der Waals surface area (Å²) in [6, 6.07) is 0.549. The van der Waals surface area contributed by atoms with Gasteiger partial charge in [-0.15, -0.1) is 0 Å². The lowest BCUT2D eigenvalue weighted by molar-refractivity contribution is 0.249. The summed E-state index contributed by atoms with van der Waals surface area (Å²) in [5, 5.41) is 8.86. The monoisotopic (exact) mass is 329 g/mol. The van der Waals surface area contributed by atoms with E-state index in [1.54, 1.807) is 6.08 Å². The van der Waals surface area contributed by atoms with Crippen molar-refractivity contribution in [3.8, 4) is 0 Å². The first kappa shape index (κ1) is 20.7. The molecule has 0 aromatic rings. The minimum absolute atomic E-state index is 0.0916. The Labute approximate surface area is 149 Å². The molecule has 0 spiro atoms. The summed E-state index contributed by atoms with van der Waals surface area (Å²) in [7, 11) is 4.35. The van der Waals surface area contributed by atoms with Gasteiger partial charge in [0.2, 0.25) is 0 Å². The van der Waals surface area contributed by atoms with Gasteiger partial charge in [0.05, 0.1) is 6.61 Å². The van der Waals surface area contributed by atoms with Gasteiger partial charge in [-0.05, 0) is 58.7 Å². The van der Waals surface area contributed by atoms with Gasteiger partial charge >= 0.3 is 0 Å². The second kappa shape index (κ2) is 9.19. The van der Waals surface area contributed by atoms with Crippen molar-refractivity contribution in [2.24, 2.45) is 5.41 Å². The number of nitrogens with zero attached hydrogens (tertiary/aromatic N) is 1. The molecule has 0 bridgehead atoms. The molecule has 1 aliphatic rings. The van der Waals surface area contributed by atoms with Crippen LogP contribution in [-0.4, -0.2) is 36.8 Å². The normalized spacial score (nSPS) is 23.1. The minimum atomic E-state index is 0.0916. The highest BCUT2D eigenvalue weighted by Crippen LogP contribution is 2.42. The van der Waals surface area contributed by atoms with Gasteiger partial charge in [0, 0.05) is 6.04 Å². The van der Waals surface area contributed by atoms with Crippen LogP contribution in [0.15, 0.2) is 58.7 Å². The molecule has 1 unspecified atom stereocenters. The highest BCUT2D eigenvalue weighted by molar-refractivity contribution is 5.39. The van der Waals surface area contributed by atoms with Crippen LogP contribution < -0.4 is 0 Å². The number of aliphatic hydroxyl groups excluding tert-OH is 1. The van der Waals surface area contributed by atoms with Crippen LogP contribution >= 0.6 is 0 Å². The smallest absolute Gasteiger partial charge is 0.0617 e. The van der Waals surface area contributed by atoms with E-state index in [1.165, 1.54) is 29.6 Å². The van der Waals surface area contributed by atoms with Crippen molar-refractivity contribution in [2.75, 3.05) is 20.7 Å². The summed E-state index contributed by atoms with van der Waals surface area (Å²) in [6.07, 6.45) is 14.9. The van der Waals surface area contributed by atoms with Gasteiger partial charge < -0.3 is 10.0 Å². The summed E-state index contributed by atoms with van der Waals surface area (Å²) in [5.74, 6) is 0. The van der Waals surface area contributed by atoms with E-state index < -0.39 is 0 Å². The number of hydrogen-bond donors (Lipinski definition) is 1. The third-order valence-corrected chi connectivity index (χ3v) is 4.96. The van der Waals surface area contributed by atoms with Crippen LogP contribution in [0.3, 0.4) is 0 Å². The Morgan fingerprint density at radius 1 is 1.21 bits per heavy atom. The zero-order chi connectivity index (χ0) is 18.3. The van der Waals surface area contributed by atoms with Gasteiger partial charge in [0.1, 0.15) is 0 Å². The molecule has 0 saturated carbocycles. The Morgan fingerprint density at radius 2 is 1.88 bits per heavy atom. The van der Waals surface area contributed by atoms with E-state index in [1.807, 2.05) is 19.1 Å². The first-order valence-electron chi connectivity index (χ1n) is 8.87. The number of allylic oxidation sites excluding steroid dienone is 8. The van der Waals surface area contributed by atoms with E-state index in [-0.39, 0.29) is 12.0 Å². The van der Waals surface area contributed by atoms with Crippen molar-refractivity contribution in [2.45, 2.75) is 53.5 Å². The number of rotatable bonds is 6. The van der Waals surface area contributed by atoms with E-state index in [0.717, 1.165) is 5.57 Å². The molecule has 1 N–H and O–H groups in total. The van der Waals surface area contributed by atoms with E-state index in [9.17, 15) is 0 Å². The number of aliphatic hydroxyl groups is 1. The maximum Gasteiger partial charge on any atom is 0.0617 e. The lowest BCUT2D eigenvalue weighted by atomic mass is 9.70. The number of likely N-dealkylation sites (N-methyl/N-ethyl adjacent to an activating group) is 1. The molecule has 0 aliphatic heterocycles. The summed E-state index contributed by atoms with van der Waals surface area (Å²) in [6.45, 7) is 11.2. The molecule has 0 radical (unpaired) electrons. The Balaban J connectivity index is 2.96. The first-order valence-corrected chi connectivity index (χ1v) is 8.87. The Hall–Kier alpha value is -1.38. The van der Waals surface area contributed by atoms with Gasteiger partial charge in [0.25, 0.3) is 0 Å². The Morgan fingerprint density at radius 3 is 2.46 bits per heavy atom. The molecular formula is C22H35NO. The summed E-state index contributed by atoms with van der Waals surface area (Å²) >= 11 is 0. The fourth-order valence-electron chi connectivity index (χ4n) is 3.40. The van der Waals surface area contributed by atoms with Crippen molar-refractivity contribution in [3.63, 3.8) is 0 Å². The average Bonchev–Trinajstić information content (AvgIpc) is 2.46. The summed E-state index contributed by atoms with van der Waals surface area (Å²) in [4.78, 5) is 2.33. The van der Waals surface area contributed by atoms with Gasteiger partial charge in [0.15, 0.2) is 0 Å². The highest BCUT2D eigenvalue weighted by atomic mass is 16.2. The van der Waals surface area contributed by atoms with E-state index in [0.29, 0.717) is 6.04 Å². The van der Waals surface area contributed by atoms with E-state index in [2.05, 4.69) is 64.9 Å². The Bertz CT molecular complexity index is 571. The van der Waals surface area contributed by atoms with Crippen LogP contribution in [-0.2, 0) is 0 Å². The zero-order valence-electron chi connectivity index (χ0n) is 16.6. The molecule has 0 saturated heterocycles. The fraction of sp³-hybridized carbons (Fsp3) is 0.545. The third-order valence-electron chi connectivity index (χ3n) is 4.96. The predicted molar refractivity (Wildman–Crippen MR) is 106 cm³/mol. The largest absolute Gasteiger partial charge is 0.392 e. The quantitative estimate of drug-likeness (QED) is 0.689. The predicted octanol–water partition coefficient (Wildman–Crippen LogP) is 5.05. The molecule has 0 fully saturated rings. The standard InChI is InChI=1S/C22H35NO/c1-17(9-8-10-18(2)14-16-24)11-12-20-19(3)21(23(6)7)13-15-22(20,4)5/h8-12,14,21,24H,13,15-16H2,1-7H3/b10-8+,12-11+,17-9+,18-14+. The van der Waals surface area contributed by atoms with Crippen LogP contribution in [0.25, 0.3) is 0 Å². The molecule has 0 aromatic heterocycles. The molecule has 1 atom stereocenters. The molecule has 0 aromatic carbocycles. The molecule has 2 heteroatoms. The third kappa shape index (κ3) is 5.92. The molecular weight excluding hydrogens is 294 g/mol. The van der Waals surface area contributed by atoms with Crippen molar-refractivity contribution >= 4 is 0 Å². The van der Waals surface area contributed by atoms with Gasteiger partial charge in [-0.25, -0.2) is 0 Å². The van der Waals surface area contributed by atoms with Crippen LogP contribution in [0.4, 0.5) is 0 Å². The zero-order valence-corrected chi connectivity index (χ0v) is 16.6. The first-order chi connectivity index (χ1) is 11.2. The van der Waals surface area contributed by atoms with Crippen LogP contribution in [0, 0.1) is 5.41 Å². The average molecular weight is 330 g/mol. The molecule has 1 aliphatic carbocycles. The molecule has 0 heterocycles. The fourth-order valence-corrected chi connectivity index (χ4v) is 3.40. The molecule has 1 rings (SSSR count). The molecule has 24 heavy (non-hydrogen) atoms. The van der Waals surface area contributed by atoms with Crippen molar-refractivity contribution in [3.05, 3.63) is 58.7 Å². The molecule has 134 valence electrons. The second-order valence-electron chi connectivity index (χ2n) is 7.73. The SMILES string of the molecule is CC1=C(/C=C/C(C)=C/C=C/C(C)=C/CO)C(C)(C)CCC1N(C)C. The maximum absolute atomic E-state index is 8.86. The van der Waals surface area contributed by atoms with Gasteiger partial charge in [-0.2, -0.15) is 0 Å². The minimum Gasteiger partial charge on any atom is -0.392 e. The highest BCUT2D eigenvalue weighted by Gasteiger charge is 2.32. The van der Waals surface area contributed by atoms with Crippen molar-refractivity contribution in [1.82, 2.24) is 4.90 Å². The summed E-state index contributed by atoms with van der Waals surface area (Å²) in [5.41, 5.74) is 5.51. The number of hydrogen-bond acceptors (Lipinski definition) is 2. The van der Waals surface area contributed by atoms with Crippen LogP contribution in [0.1, 0.15) is 47.5 Å². The van der Waals surface area contributed by atoms with Crippen LogP contribution in [0.5, 0.6) is 0 Å². The maximum atomic E-state index is 8.86. The summed E-state index contributed by atoms with van der Waals surface area (Å²) < 4.78 is 0. The van der Waals surface area contributed by atoms with Crippen molar-refractivity contribution in [1.29, 1.82) is 0 Å².